The van der Waals surface area contributed by atoms with E-state index < -0.39 is 0 Å². The predicted octanol–water partition coefficient (Wildman–Crippen LogP) is 1.99. The lowest BCUT2D eigenvalue weighted by Gasteiger charge is -2.13. The molecule has 0 radical (unpaired) electrons. The van der Waals surface area contributed by atoms with Crippen molar-refractivity contribution in [3.8, 4) is 0 Å². The number of nitrogens with one attached hydrogen (secondary N) is 1. The molecule has 0 saturated heterocycles. The number of hydrogen-bond acceptors (Lipinski definition) is 4. The van der Waals surface area contributed by atoms with Gasteiger partial charge in [0.25, 0.3) is 0 Å². The highest BCUT2D eigenvalue weighted by molar-refractivity contribution is 7.03. The first-order valence-electron chi connectivity index (χ1n) is 4.51. The molecule has 3 nitrogen and oxygen atoms in total. The maximum atomic E-state index is 13.0. The van der Waals surface area contributed by atoms with Crippen LogP contribution in [0.15, 0.2) is 29.6 Å². The van der Waals surface area contributed by atoms with Crippen LogP contribution < -0.4 is 5.32 Å². The predicted molar refractivity (Wildman–Crippen MR) is 57.2 cm³/mol. The van der Waals surface area contributed by atoms with Crippen molar-refractivity contribution in [2.75, 3.05) is 7.05 Å². The molecule has 0 aliphatic rings. The third-order valence-electron chi connectivity index (χ3n) is 2.14. The second-order valence-corrected chi connectivity index (χ2v) is 3.72. The van der Waals surface area contributed by atoms with Gasteiger partial charge in [-0.2, -0.15) is 0 Å². The summed E-state index contributed by atoms with van der Waals surface area (Å²) in [6.45, 7) is 0. The number of hydrogen-bond donors (Lipinski definition) is 1. The van der Waals surface area contributed by atoms with Crippen LogP contribution in [-0.4, -0.2) is 16.6 Å². The molecule has 1 unspecified atom stereocenters. The van der Waals surface area contributed by atoms with E-state index in [-0.39, 0.29) is 11.9 Å². The van der Waals surface area contributed by atoms with Crippen LogP contribution in [0.3, 0.4) is 0 Å². The van der Waals surface area contributed by atoms with Crippen molar-refractivity contribution < 1.29 is 4.39 Å². The molecule has 0 fully saturated rings. The molecule has 0 saturated carbocycles. The van der Waals surface area contributed by atoms with Crippen LogP contribution in [0.2, 0.25) is 0 Å². The molecule has 0 amide bonds. The van der Waals surface area contributed by atoms with Crippen LogP contribution in [0.1, 0.15) is 17.3 Å². The van der Waals surface area contributed by atoms with Gasteiger partial charge in [-0.05, 0) is 36.3 Å². The third kappa shape index (κ3) is 2.19. The normalized spacial score (nSPS) is 12.7. The summed E-state index contributed by atoms with van der Waals surface area (Å²) in [5, 5.41) is 8.92. The summed E-state index contributed by atoms with van der Waals surface area (Å²) in [7, 11) is 1.81. The van der Waals surface area contributed by atoms with E-state index in [0.717, 1.165) is 11.3 Å². The van der Waals surface area contributed by atoms with Gasteiger partial charge in [0.15, 0.2) is 0 Å². The van der Waals surface area contributed by atoms with Crippen molar-refractivity contribution in [2.24, 2.45) is 0 Å². The fourth-order valence-electron chi connectivity index (χ4n) is 1.47. The van der Waals surface area contributed by atoms with Crippen LogP contribution in [0.5, 0.6) is 0 Å². The summed E-state index contributed by atoms with van der Waals surface area (Å²) in [6.07, 6.45) is 0. The molecule has 15 heavy (non-hydrogen) atoms. The van der Waals surface area contributed by atoms with Gasteiger partial charge in [-0.1, -0.05) is 16.6 Å². The van der Waals surface area contributed by atoms with Gasteiger partial charge in [0.05, 0.1) is 11.7 Å². The Bertz CT molecular complexity index is 430. The highest BCUT2D eigenvalue weighted by Gasteiger charge is 2.14. The van der Waals surface area contributed by atoms with Crippen LogP contribution in [0.25, 0.3) is 0 Å². The Kier molecular flexibility index (Phi) is 3.03. The first-order valence-corrected chi connectivity index (χ1v) is 5.34. The first-order chi connectivity index (χ1) is 7.31. The largest absolute Gasteiger partial charge is 0.308 e. The molecule has 0 aliphatic carbocycles. The molecule has 1 aromatic heterocycles. The van der Waals surface area contributed by atoms with E-state index in [0.29, 0.717) is 0 Å². The number of rotatable bonds is 3. The van der Waals surface area contributed by atoms with Gasteiger partial charge in [0, 0.05) is 5.38 Å². The quantitative estimate of drug-likeness (QED) is 0.864. The molecule has 1 N–H and O–H groups in total. The second kappa shape index (κ2) is 4.46. The zero-order valence-corrected chi connectivity index (χ0v) is 8.96. The summed E-state index contributed by atoms with van der Waals surface area (Å²) < 4.78 is 16.8. The van der Waals surface area contributed by atoms with Gasteiger partial charge in [-0.15, -0.1) is 5.10 Å². The zero-order valence-electron chi connectivity index (χ0n) is 8.14. The summed E-state index contributed by atoms with van der Waals surface area (Å²) in [4.78, 5) is 0. The Balaban J connectivity index is 2.35. The lowest BCUT2D eigenvalue weighted by atomic mass is 10.1. The van der Waals surface area contributed by atoms with Crippen LogP contribution in [-0.2, 0) is 0 Å². The molecule has 78 valence electrons. The summed E-state index contributed by atoms with van der Waals surface area (Å²) in [5.74, 6) is -0.240. The molecular formula is C10H10FN3S. The Morgan fingerprint density at radius 1 is 1.47 bits per heavy atom. The highest BCUT2D eigenvalue weighted by atomic mass is 32.1. The summed E-state index contributed by atoms with van der Waals surface area (Å²) in [6, 6.07) is 6.38. The molecule has 5 heteroatoms. The second-order valence-electron chi connectivity index (χ2n) is 3.11. The lowest BCUT2D eigenvalue weighted by molar-refractivity contribution is 0.613. The summed E-state index contributed by atoms with van der Waals surface area (Å²) in [5.41, 5.74) is 1.67. The minimum Gasteiger partial charge on any atom is -0.308 e. The van der Waals surface area contributed by atoms with Crippen molar-refractivity contribution in [1.29, 1.82) is 0 Å². The van der Waals surface area contributed by atoms with Crippen LogP contribution in [0, 0.1) is 5.82 Å². The van der Waals surface area contributed by atoms with Gasteiger partial charge in [-0.25, -0.2) is 4.39 Å². The molecule has 2 aromatic rings. The molecule has 1 atom stereocenters. The van der Waals surface area contributed by atoms with E-state index in [2.05, 4.69) is 14.9 Å². The number of aromatic nitrogens is 2. The third-order valence-corrected chi connectivity index (χ3v) is 2.67. The fourth-order valence-corrected chi connectivity index (χ4v) is 1.95. The van der Waals surface area contributed by atoms with Crippen LogP contribution >= 0.6 is 11.5 Å². The van der Waals surface area contributed by atoms with Gasteiger partial charge >= 0.3 is 0 Å². The van der Waals surface area contributed by atoms with Gasteiger partial charge < -0.3 is 5.32 Å². The van der Waals surface area contributed by atoms with E-state index in [1.807, 2.05) is 18.5 Å². The van der Waals surface area contributed by atoms with Crippen molar-refractivity contribution >= 4 is 11.5 Å². The van der Waals surface area contributed by atoms with Crippen molar-refractivity contribution in [3.63, 3.8) is 0 Å². The molecule has 0 bridgehead atoms. The zero-order chi connectivity index (χ0) is 10.7. The molecule has 2 rings (SSSR count). The van der Waals surface area contributed by atoms with Gasteiger partial charge in [0.2, 0.25) is 0 Å². The van der Waals surface area contributed by atoms with E-state index in [9.17, 15) is 4.39 Å². The Hall–Kier alpha value is -1.33. The maximum Gasteiger partial charge on any atom is 0.123 e. The Labute approximate surface area is 91.1 Å². The van der Waals surface area contributed by atoms with E-state index in [1.54, 1.807) is 6.07 Å². The molecule has 0 spiro atoms. The minimum atomic E-state index is -0.240. The smallest absolute Gasteiger partial charge is 0.123 e. The monoisotopic (exact) mass is 223 g/mol. The fraction of sp³-hybridized carbons (Fsp3) is 0.200. The summed E-state index contributed by atoms with van der Waals surface area (Å²) >= 11 is 1.29. The van der Waals surface area contributed by atoms with Crippen LogP contribution in [0.4, 0.5) is 4.39 Å². The number of benzene rings is 1. The van der Waals surface area contributed by atoms with Gasteiger partial charge in [-0.3, -0.25) is 0 Å². The van der Waals surface area contributed by atoms with E-state index in [1.165, 1.54) is 23.7 Å². The standard InChI is InChI=1S/C10H10FN3S/c1-12-10(9-6-15-14-13-9)7-3-2-4-8(11)5-7/h2-6,10,12H,1H3. The van der Waals surface area contributed by atoms with Crippen molar-refractivity contribution in [1.82, 2.24) is 14.9 Å². The molecule has 1 aromatic carbocycles. The van der Waals surface area contributed by atoms with Crippen molar-refractivity contribution in [2.45, 2.75) is 6.04 Å². The number of halogens is 1. The highest BCUT2D eigenvalue weighted by Crippen LogP contribution is 2.20. The minimum absolute atomic E-state index is 0.0977. The van der Waals surface area contributed by atoms with E-state index >= 15 is 0 Å². The number of nitrogens with zero attached hydrogens (tertiary/aromatic N) is 2. The first kappa shape index (κ1) is 10.2. The Morgan fingerprint density at radius 3 is 2.93 bits per heavy atom. The maximum absolute atomic E-state index is 13.0. The SMILES string of the molecule is CNC(c1cccc(F)c1)c1csnn1. The molecule has 1 heterocycles. The van der Waals surface area contributed by atoms with Gasteiger partial charge in [0.1, 0.15) is 5.82 Å². The average molecular weight is 223 g/mol. The molecular weight excluding hydrogens is 213 g/mol. The van der Waals surface area contributed by atoms with Crippen molar-refractivity contribution in [3.05, 3.63) is 46.7 Å². The average Bonchev–Trinajstić information content (AvgIpc) is 2.72. The van der Waals surface area contributed by atoms with E-state index in [4.69, 9.17) is 0 Å². The molecule has 0 aliphatic heterocycles. The lowest BCUT2D eigenvalue weighted by Crippen LogP contribution is -2.18. The topological polar surface area (TPSA) is 37.8 Å². The Morgan fingerprint density at radius 2 is 2.33 bits per heavy atom.